The van der Waals surface area contributed by atoms with Crippen LogP contribution >= 0.6 is 7.82 Å². The van der Waals surface area contributed by atoms with Crippen molar-refractivity contribution in [1.82, 2.24) is 0 Å². The monoisotopic (exact) mass is 587 g/mol. The van der Waals surface area contributed by atoms with E-state index in [1.807, 2.05) is 0 Å². The molecule has 36 heavy (non-hydrogen) atoms. The summed E-state index contributed by atoms with van der Waals surface area (Å²) in [5, 5.41) is 9.72. The predicted octanol–water partition coefficient (Wildman–Crippen LogP) is 5.70. The number of unbranched alkanes of at least 4 members (excludes halogenated alkanes) is 6. The number of carbonyl (C=O) groups is 1. The largest absolute Gasteiger partial charge is 0.756 e. The van der Waals surface area contributed by atoms with E-state index < -0.39 is 51.7 Å². The number of hydrogen-bond acceptors (Lipinski definition) is 9. The third kappa shape index (κ3) is 22.1. The molecule has 0 aliphatic carbocycles. The van der Waals surface area contributed by atoms with Crippen LogP contribution in [0.5, 0.6) is 0 Å². The van der Waals surface area contributed by atoms with Gasteiger partial charge in [-0.1, -0.05) is 45.4 Å². The maximum absolute atomic E-state index is 11.8. The molecule has 2 unspecified atom stereocenters. The summed E-state index contributed by atoms with van der Waals surface area (Å²) < 4.78 is 38.4. The number of ether oxygens (including phenoxy) is 1. The highest BCUT2D eigenvalue weighted by molar-refractivity contribution is 7.45. The van der Waals surface area contributed by atoms with Crippen molar-refractivity contribution in [3.05, 3.63) is 0 Å². The van der Waals surface area contributed by atoms with Crippen LogP contribution in [0.3, 0.4) is 0 Å². The Morgan fingerprint density at radius 3 is 1.97 bits per heavy atom. The Morgan fingerprint density at radius 2 is 1.42 bits per heavy atom. The first-order valence-corrected chi connectivity index (χ1v) is 24.1. The van der Waals surface area contributed by atoms with Crippen LogP contribution in [0, 0.1) is 0 Å². The minimum absolute atomic E-state index is 0.0229. The van der Waals surface area contributed by atoms with Gasteiger partial charge in [0, 0.05) is 6.42 Å². The summed E-state index contributed by atoms with van der Waals surface area (Å²) in [5.41, 5.74) is 0. The van der Waals surface area contributed by atoms with Crippen molar-refractivity contribution in [2.75, 3.05) is 19.8 Å². The molecule has 0 aliphatic rings. The molecule has 0 fully saturated rings. The van der Waals surface area contributed by atoms with Crippen LogP contribution in [0.25, 0.3) is 0 Å². The lowest BCUT2D eigenvalue weighted by Gasteiger charge is -2.37. The number of hydrogen-bond donors (Lipinski definition) is 1. The highest BCUT2D eigenvalue weighted by atomic mass is 31.2. The normalized spacial score (nSPS) is 15.5. The number of aliphatic hydroxyl groups is 1. The molecule has 2 atom stereocenters. The van der Waals surface area contributed by atoms with Crippen molar-refractivity contribution in [2.45, 2.75) is 123 Å². The molecule has 0 spiro atoms. The number of carbonyl (C=O) groups excluding carboxylic acids is 1. The first-order chi connectivity index (χ1) is 16.5. The van der Waals surface area contributed by atoms with Crippen LogP contribution in [0.4, 0.5) is 0 Å². The van der Waals surface area contributed by atoms with Crippen molar-refractivity contribution in [2.24, 2.45) is 0 Å². The van der Waals surface area contributed by atoms with Gasteiger partial charge in [0.05, 0.1) is 13.2 Å². The molecular formula is C23H52O9PSi3-. The molecule has 0 saturated heterocycles. The van der Waals surface area contributed by atoms with Crippen LogP contribution in [-0.4, -0.2) is 62.2 Å². The molecule has 0 bridgehead atoms. The minimum Gasteiger partial charge on any atom is -0.756 e. The zero-order valence-corrected chi connectivity index (χ0v) is 27.8. The minimum atomic E-state index is -4.43. The van der Waals surface area contributed by atoms with E-state index in [2.05, 4.69) is 54.9 Å². The lowest BCUT2D eigenvalue weighted by molar-refractivity contribution is -0.227. The van der Waals surface area contributed by atoms with E-state index in [1.165, 1.54) is 19.3 Å². The predicted molar refractivity (Wildman–Crippen MR) is 149 cm³/mol. The van der Waals surface area contributed by atoms with Gasteiger partial charge >= 0.3 is 14.5 Å². The number of phosphoric acid groups is 1. The summed E-state index contributed by atoms with van der Waals surface area (Å²) in [6.45, 7) is 16.6. The van der Waals surface area contributed by atoms with E-state index in [9.17, 15) is 19.4 Å². The zero-order valence-electron chi connectivity index (χ0n) is 23.9. The molecule has 9 nitrogen and oxygen atoms in total. The van der Waals surface area contributed by atoms with E-state index >= 15 is 0 Å². The first kappa shape index (κ1) is 36.1. The topological polar surface area (TPSA) is 124 Å². The highest BCUT2D eigenvalue weighted by Gasteiger charge is 2.37. The van der Waals surface area contributed by atoms with Crippen molar-refractivity contribution in [1.29, 1.82) is 0 Å². The summed E-state index contributed by atoms with van der Waals surface area (Å²) >= 11 is 0. The van der Waals surface area contributed by atoms with Gasteiger partial charge in [0.25, 0.3) is 7.82 Å². The quantitative estimate of drug-likeness (QED) is 0.0735. The maximum Gasteiger partial charge on any atom is 0.311 e. The Kier molecular flexibility index (Phi) is 17.7. The van der Waals surface area contributed by atoms with Crippen LogP contribution in [-0.2, 0) is 31.4 Å². The molecule has 1 N–H and O–H groups in total. The molecule has 0 aromatic rings. The van der Waals surface area contributed by atoms with Gasteiger partial charge in [-0.3, -0.25) is 9.36 Å². The summed E-state index contributed by atoms with van der Waals surface area (Å²) in [6, 6.07) is 1.15. The van der Waals surface area contributed by atoms with E-state index in [-0.39, 0.29) is 19.6 Å². The van der Waals surface area contributed by atoms with Gasteiger partial charge in [-0.2, -0.15) is 0 Å². The van der Waals surface area contributed by atoms with E-state index in [0.717, 1.165) is 31.7 Å². The average molecular weight is 588 g/mol. The van der Waals surface area contributed by atoms with Crippen molar-refractivity contribution < 1.29 is 41.4 Å². The third-order valence-corrected chi connectivity index (χ3v) is 16.2. The average Bonchev–Trinajstić information content (AvgIpc) is 2.71. The molecule has 0 aliphatic heterocycles. The lowest BCUT2D eigenvalue weighted by atomic mass is 10.1. The molecule has 0 rings (SSSR count). The van der Waals surface area contributed by atoms with Gasteiger partial charge in [-0.25, -0.2) is 0 Å². The summed E-state index contributed by atoms with van der Waals surface area (Å²) in [7, 11) is -9.81. The molecular weight excluding hydrogens is 535 g/mol. The standard InChI is InChI=1S/C23H53O9PSi3/c1-9-18-29-33(26,27)30-21-22(24)20-28-23(25)17-15-13-11-10-12-14-16-19-35(5,6)32-36(7,8)31-34(2,3)4/h22,24H,9-21H2,1-8H3,(H,26,27)/p-1. The Bertz CT molecular complexity index is 657. The van der Waals surface area contributed by atoms with Gasteiger partial charge in [0.1, 0.15) is 12.7 Å². The van der Waals surface area contributed by atoms with E-state index in [0.29, 0.717) is 6.42 Å². The maximum atomic E-state index is 11.8. The summed E-state index contributed by atoms with van der Waals surface area (Å²) in [4.78, 5) is 23.2. The second-order valence-electron chi connectivity index (χ2n) is 11.4. The van der Waals surface area contributed by atoms with Crippen LogP contribution in [0.15, 0.2) is 0 Å². The highest BCUT2D eigenvalue weighted by Crippen LogP contribution is 2.38. The fourth-order valence-electron chi connectivity index (χ4n) is 3.91. The van der Waals surface area contributed by atoms with E-state index in [4.69, 9.17) is 13.0 Å². The smallest absolute Gasteiger partial charge is 0.311 e. The molecule has 0 radical (unpaired) electrons. The van der Waals surface area contributed by atoms with Crippen molar-refractivity contribution in [3.63, 3.8) is 0 Å². The third-order valence-electron chi connectivity index (χ3n) is 5.05. The van der Waals surface area contributed by atoms with E-state index in [1.54, 1.807) is 6.92 Å². The van der Waals surface area contributed by atoms with Gasteiger partial charge in [-0.05, 0) is 64.7 Å². The van der Waals surface area contributed by atoms with Gasteiger partial charge in [0.2, 0.25) is 0 Å². The molecule has 0 amide bonds. The van der Waals surface area contributed by atoms with Crippen molar-refractivity contribution >= 4 is 39.0 Å². The zero-order chi connectivity index (χ0) is 27.9. The summed E-state index contributed by atoms with van der Waals surface area (Å²) in [5.74, 6) is -0.404. The molecule has 13 heteroatoms. The number of esters is 1. The Balaban J connectivity index is 3.81. The Hall–Kier alpha value is 0.111. The molecule has 216 valence electrons. The fourth-order valence-corrected chi connectivity index (χ4v) is 18.0. The van der Waals surface area contributed by atoms with Crippen LogP contribution in [0.2, 0.25) is 51.9 Å². The molecule has 0 aromatic carbocycles. The second-order valence-corrected chi connectivity index (χ2v) is 25.5. The summed E-state index contributed by atoms with van der Waals surface area (Å²) in [6.07, 6.45) is 7.04. The first-order valence-electron chi connectivity index (χ1n) is 13.3. The SMILES string of the molecule is CCCOP(=O)([O-])OCC(O)COC(=O)CCCCCCCCC[Si](C)(C)O[Si](C)(C)O[Si](C)(C)C. The fraction of sp³-hybridized carbons (Fsp3) is 0.957. The van der Waals surface area contributed by atoms with Gasteiger partial charge in [0.15, 0.2) is 16.6 Å². The number of phosphoric ester groups is 1. The van der Waals surface area contributed by atoms with Crippen molar-refractivity contribution in [3.8, 4) is 0 Å². The molecule has 0 heterocycles. The van der Waals surface area contributed by atoms with Crippen LogP contribution in [0.1, 0.15) is 64.7 Å². The second kappa shape index (κ2) is 17.6. The van der Waals surface area contributed by atoms with Gasteiger partial charge in [-0.15, -0.1) is 0 Å². The molecule has 0 saturated carbocycles. The number of rotatable bonds is 22. The number of aliphatic hydroxyl groups excluding tert-OH is 1. The lowest BCUT2D eigenvalue weighted by Crippen LogP contribution is -2.51. The Labute approximate surface area is 222 Å². The van der Waals surface area contributed by atoms with Crippen LogP contribution < -0.4 is 4.89 Å². The molecule has 0 aromatic heterocycles. The Morgan fingerprint density at radius 1 is 0.861 bits per heavy atom. The van der Waals surface area contributed by atoms with Gasteiger partial charge < -0.3 is 32.0 Å².